The smallest absolute Gasteiger partial charge is 0.252 e. The highest BCUT2D eigenvalue weighted by atomic mass is 16.1. The van der Waals surface area contributed by atoms with Gasteiger partial charge in [-0.3, -0.25) is 4.79 Å². The van der Waals surface area contributed by atoms with Crippen LogP contribution in [0.15, 0.2) is 10.9 Å². The van der Waals surface area contributed by atoms with Gasteiger partial charge < -0.3 is 15.2 Å². The molecule has 1 aliphatic heterocycles. The van der Waals surface area contributed by atoms with Crippen LogP contribution in [0.1, 0.15) is 38.4 Å². The molecule has 19 heavy (non-hydrogen) atoms. The third-order valence-electron chi connectivity index (χ3n) is 3.63. The van der Waals surface area contributed by atoms with Gasteiger partial charge in [0.2, 0.25) is 0 Å². The van der Waals surface area contributed by atoms with E-state index in [0.29, 0.717) is 5.92 Å². The van der Waals surface area contributed by atoms with Crippen molar-refractivity contribution in [3.05, 3.63) is 22.2 Å². The Bertz CT molecular complexity index is 467. The number of hydrogen-bond donors (Lipinski definition) is 2. The van der Waals surface area contributed by atoms with Gasteiger partial charge in [-0.05, 0) is 32.4 Å². The molecule has 0 aromatic carbocycles. The van der Waals surface area contributed by atoms with E-state index < -0.39 is 0 Å². The zero-order valence-electron chi connectivity index (χ0n) is 12.1. The maximum Gasteiger partial charge on any atom is 0.252 e. The Kier molecular flexibility index (Phi) is 4.58. The molecule has 2 heterocycles. The molecule has 1 unspecified atom stereocenters. The van der Waals surface area contributed by atoms with E-state index >= 15 is 0 Å². The summed E-state index contributed by atoms with van der Waals surface area (Å²) < 4.78 is 0. The number of piperidine rings is 1. The Morgan fingerprint density at radius 1 is 1.58 bits per heavy atom. The van der Waals surface area contributed by atoms with Crippen molar-refractivity contribution in [2.24, 2.45) is 5.92 Å². The molecule has 0 radical (unpaired) electrons. The van der Waals surface area contributed by atoms with Gasteiger partial charge in [0.25, 0.3) is 5.56 Å². The largest absolute Gasteiger partial charge is 0.356 e. The van der Waals surface area contributed by atoms with E-state index in [9.17, 15) is 4.79 Å². The lowest BCUT2D eigenvalue weighted by Gasteiger charge is -2.33. The second-order valence-corrected chi connectivity index (χ2v) is 5.66. The summed E-state index contributed by atoms with van der Waals surface area (Å²) in [5.41, 5.74) is -0.0514. The minimum absolute atomic E-state index is 0.0514. The van der Waals surface area contributed by atoms with Crippen LogP contribution in [0.2, 0.25) is 0 Å². The fourth-order valence-corrected chi connectivity index (χ4v) is 2.63. The maximum atomic E-state index is 11.7. The molecule has 106 valence electrons. The van der Waals surface area contributed by atoms with Crippen molar-refractivity contribution in [2.75, 3.05) is 31.6 Å². The number of hydrogen-bond acceptors (Lipinski definition) is 4. The van der Waals surface area contributed by atoms with Gasteiger partial charge in [0.1, 0.15) is 11.6 Å². The van der Waals surface area contributed by atoms with Crippen molar-refractivity contribution in [3.8, 4) is 0 Å². The van der Waals surface area contributed by atoms with Gasteiger partial charge in [0.05, 0.1) is 0 Å². The molecule has 0 amide bonds. The molecular formula is C14H24N4O. The van der Waals surface area contributed by atoms with Crippen LogP contribution in [-0.4, -0.2) is 36.6 Å². The summed E-state index contributed by atoms with van der Waals surface area (Å²) >= 11 is 0. The van der Waals surface area contributed by atoms with E-state index in [2.05, 4.69) is 20.2 Å². The Labute approximate surface area is 114 Å². The molecule has 1 aromatic rings. The summed E-state index contributed by atoms with van der Waals surface area (Å²) in [5, 5.41) is 3.24. The van der Waals surface area contributed by atoms with E-state index in [1.807, 2.05) is 20.9 Å². The van der Waals surface area contributed by atoms with Crippen LogP contribution in [0.3, 0.4) is 0 Å². The van der Waals surface area contributed by atoms with Crippen molar-refractivity contribution in [3.63, 3.8) is 0 Å². The van der Waals surface area contributed by atoms with Gasteiger partial charge in [0.15, 0.2) is 0 Å². The Hall–Kier alpha value is -1.36. The lowest BCUT2D eigenvalue weighted by atomic mass is 9.98. The lowest BCUT2D eigenvalue weighted by molar-refractivity contribution is 0.400. The summed E-state index contributed by atoms with van der Waals surface area (Å²) in [6.07, 6.45) is 2.41. The number of nitrogens with zero attached hydrogens (tertiary/aromatic N) is 2. The molecule has 2 rings (SSSR count). The van der Waals surface area contributed by atoms with Crippen LogP contribution in [0.25, 0.3) is 0 Å². The van der Waals surface area contributed by atoms with Gasteiger partial charge in [-0.25, -0.2) is 4.98 Å². The van der Waals surface area contributed by atoms with Crippen LogP contribution in [-0.2, 0) is 0 Å². The van der Waals surface area contributed by atoms with Crippen LogP contribution in [0, 0.1) is 5.92 Å². The number of nitrogens with one attached hydrogen (secondary N) is 2. The molecule has 1 aliphatic rings. The highest BCUT2D eigenvalue weighted by molar-refractivity contribution is 5.38. The number of rotatable bonds is 4. The summed E-state index contributed by atoms with van der Waals surface area (Å²) in [6, 6.07) is 1.62. The standard InChI is InChI=1S/C14H24N4O/c1-10(2)14-16-12(7-13(19)17-14)18-6-4-5-11(9-18)8-15-3/h7,10-11,15H,4-6,8-9H2,1-3H3,(H,16,17,19). The zero-order chi connectivity index (χ0) is 13.8. The predicted molar refractivity (Wildman–Crippen MR) is 77.8 cm³/mol. The summed E-state index contributed by atoms with van der Waals surface area (Å²) in [7, 11) is 1.99. The molecule has 5 nitrogen and oxygen atoms in total. The Morgan fingerprint density at radius 2 is 2.37 bits per heavy atom. The van der Waals surface area contributed by atoms with Crippen molar-refractivity contribution in [1.29, 1.82) is 0 Å². The first kappa shape index (κ1) is 14.1. The van der Waals surface area contributed by atoms with E-state index in [1.165, 1.54) is 6.42 Å². The first-order chi connectivity index (χ1) is 9.10. The first-order valence-electron chi connectivity index (χ1n) is 7.11. The molecule has 1 atom stereocenters. The lowest BCUT2D eigenvalue weighted by Crippen LogP contribution is -2.40. The number of H-pyrrole nitrogens is 1. The molecule has 0 spiro atoms. The van der Waals surface area contributed by atoms with E-state index in [1.54, 1.807) is 6.07 Å². The highest BCUT2D eigenvalue weighted by Crippen LogP contribution is 2.21. The quantitative estimate of drug-likeness (QED) is 0.861. The predicted octanol–water partition coefficient (Wildman–Crippen LogP) is 1.33. The zero-order valence-corrected chi connectivity index (χ0v) is 12.1. The Morgan fingerprint density at radius 3 is 3.05 bits per heavy atom. The third-order valence-corrected chi connectivity index (χ3v) is 3.63. The second-order valence-electron chi connectivity index (χ2n) is 5.66. The molecule has 0 bridgehead atoms. The molecule has 1 fully saturated rings. The van der Waals surface area contributed by atoms with Crippen LogP contribution in [0.4, 0.5) is 5.82 Å². The fourth-order valence-electron chi connectivity index (χ4n) is 2.63. The van der Waals surface area contributed by atoms with E-state index in [0.717, 1.165) is 37.7 Å². The molecular weight excluding hydrogens is 240 g/mol. The molecule has 1 aromatic heterocycles. The van der Waals surface area contributed by atoms with Crippen LogP contribution >= 0.6 is 0 Å². The van der Waals surface area contributed by atoms with Crippen molar-refractivity contribution in [2.45, 2.75) is 32.6 Å². The van der Waals surface area contributed by atoms with Crippen LogP contribution in [0.5, 0.6) is 0 Å². The van der Waals surface area contributed by atoms with Gasteiger partial charge in [-0.2, -0.15) is 0 Å². The molecule has 0 saturated carbocycles. The topological polar surface area (TPSA) is 61.0 Å². The number of aromatic nitrogens is 2. The van der Waals surface area contributed by atoms with Gasteiger partial charge >= 0.3 is 0 Å². The second kappa shape index (κ2) is 6.19. The average Bonchev–Trinajstić information content (AvgIpc) is 2.38. The molecule has 0 aliphatic carbocycles. The van der Waals surface area contributed by atoms with Gasteiger partial charge in [-0.1, -0.05) is 13.8 Å². The minimum Gasteiger partial charge on any atom is -0.356 e. The fraction of sp³-hybridized carbons (Fsp3) is 0.714. The number of anilines is 1. The molecule has 1 saturated heterocycles. The third kappa shape index (κ3) is 3.56. The molecule has 2 N–H and O–H groups in total. The van der Waals surface area contributed by atoms with E-state index in [4.69, 9.17) is 0 Å². The summed E-state index contributed by atoms with van der Waals surface area (Å²) in [4.78, 5) is 21.4. The molecule has 5 heteroatoms. The SMILES string of the molecule is CNCC1CCCN(c2cc(=O)[nH]c(C(C)C)n2)C1. The van der Waals surface area contributed by atoms with Crippen molar-refractivity contribution < 1.29 is 0 Å². The first-order valence-corrected chi connectivity index (χ1v) is 7.11. The summed E-state index contributed by atoms with van der Waals surface area (Å²) in [6.45, 7) is 7.09. The monoisotopic (exact) mass is 264 g/mol. The normalized spacial score (nSPS) is 20.0. The van der Waals surface area contributed by atoms with E-state index in [-0.39, 0.29) is 11.5 Å². The number of aromatic amines is 1. The van der Waals surface area contributed by atoms with Gasteiger partial charge in [0, 0.05) is 25.1 Å². The average molecular weight is 264 g/mol. The maximum absolute atomic E-state index is 11.7. The minimum atomic E-state index is -0.0514. The van der Waals surface area contributed by atoms with Crippen LogP contribution < -0.4 is 15.8 Å². The van der Waals surface area contributed by atoms with Crippen molar-refractivity contribution in [1.82, 2.24) is 15.3 Å². The highest BCUT2D eigenvalue weighted by Gasteiger charge is 2.21. The van der Waals surface area contributed by atoms with Gasteiger partial charge in [-0.15, -0.1) is 0 Å². The van der Waals surface area contributed by atoms with Crippen molar-refractivity contribution >= 4 is 5.82 Å². The summed E-state index contributed by atoms with van der Waals surface area (Å²) in [5.74, 6) is 2.49. The Balaban J connectivity index is 2.18.